The topological polar surface area (TPSA) is 84.8 Å². The van der Waals surface area contributed by atoms with Gasteiger partial charge in [0.15, 0.2) is 11.0 Å². The minimum absolute atomic E-state index is 0.0914. The largest absolute Gasteiger partial charge is 0.383 e. The van der Waals surface area contributed by atoms with Gasteiger partial charge in [-0.1, -0.05) is 66.4 Å². The molecule has 0 saturated carbocycles. The van der Waals surface area contributed by atoms with E-state index in [0.29, 0.717) is 18.3 Å². The van der Waals surface area contributed by atoms with Gasteiger partial charge >= 0.3 is 0 Å². The van der Waals surface area contributed by atoms with Gasteiger partial charge in [0.2, 0.25) is 5.91 Å². The molecule has 0 atom stereocenters. The molecule has 166 valence electrons. The molecule has 2 aromatic heterocycles. The molecule has 5 rings (SSSR count). The van der Waals surface area contributed by atoms with Crippen LogP contribution in [0, 0.1) is 0 Å². The number of benzene rings is 3. The molecular formula is C25H23N5O2S. The Kier molecular flexibility index (Phi) is 6.10. The second kappa shape index (κ2) is 9.48. The van der Waals surface area contributed by atoms with Crippen LogP contribution in [0.25, 0.3) is 33.1 Å². The second-order valence-electron chi connectivity index (χ2n) is 7.56. The number of fused-ring (bicyclic) bond motifs is 2. The summed E-state index contributed by atoms with van der Waals surface area (Å²) in [6.45, 7) is 1.11. The van der Waals surface area contributed by atoms with E-state index >= 15 is 0 Å². The average Bonchev–Trinajstić information content (AvgIpc) is 3.45. The summed E-state index contributed by atoms with van der Waals surface area (Å²) in [6, 6.07) is 22.0. The Morgan fingerprint density at radius 3 is 2.70 bits per heavy atom. The van der Waals surface area contributed by atoms with Crippen molar-refractivity contribution >= 4 is 45.0 Å². The summed E-state index contributed by atoms with van der Waals surface area (Å²) < 4.78 is 7.31. The van der Waals surface area contributed by atoms with Crippen molar-refractivity contribution < 1.29 is 9.53 Å². The highest BCUT2D eigenvalue weighted by molar-refractivity contribution is 7.99. The first-order chi connectivity index (χ1) is 16.2. The van der Waals surface area contributed by atoms with Gasteiger partial charge in [-0.25, -0.2) is 0 Å². The third kappa shape index (κ3) is 4.35. The molecular weight excluding hydrogens is 434 g/mol. The number of rotatable bonds is 8. The zero-order valence-corrected chi connectivity index (χ0v) is 18.9. The van der Waals surface area contributed by atoms with Gasteiger partial charge in [-0.05, 0) is 17.5 Å². The third-order valence-corrected chi connectivity index (χ3v) is 6.43. The minimum atomic E-state index is -0.0914. The fourth-order valence-electron chi connectivity index (χ4n) is 3.89. The lowest BCUT2D eigenvalue weighted by molar-refractivity contribution is -0.113. The number of carbonyl (C=O) groups excluding carboxylic acids is 1. The Balaban J connectivity index is 1.36. The first kappa shape index (κ1) is 21.2. The van der Waals surface area contributed by atoms with E-state index in [9.17, 15) is 4.79 Å². The predicted octanol–water partition coefficient (Wildman–Crippen LogP) is 4.96. The number of aromatic amines is 1. The van der Waals surface area contributed by atoms with Gasteiger partial charge in [0.05, 0.1) is 18.9 Å². The minimum Gasteiger partial charge on any atom is -0.383 e. The molecule has 3 aromatic carbocycles. The Labute approximate surface area is 195 Å². The van der Waals surface area contributed by atoms with Crippen LogP contribution in [-0.2, 0) is 16.1 Å². The van der Waals surface area contributed by atoms with Crippen molar-refractivity contribution in [2.45, 2.75) is 11.7 Å². The van der Waals surface area contributed by atoms with Crippen molar-refractivity contribution in [1.82, 2.24) is 19.7 Å². The van der Waals surface area contributed by atoms with Crippen LogP contribution in [0.3, 0.4) is 0 Å². The van der Waals surface area contributed by atoms with Gasteiger partial charge in [0, 0.05) is 40.8 Å². The van der Waals surface area contributed by atoms with Crippen molar-refractivity contribution in [2.24, 2.45) is 0 Å². The number of hydrogen-bond donors (Lipinski definition) is 2. The molecule has 5 aromatic rings. The van der Waals surface area contributed by atoms with E-state index in [0.717, 1.165) is 38.8 Å². The molecule has 8 heteroatoms. The van der Waals surface area contributed by atoms with Crippen LogP contribution in [0.1, 0.15) is 0 Å². The molecule has 7 nitrogen and oxygen atoms in total. The second-order valence-corrected chi connectivity index (χ2v) is 8.50. The maximum Gasteiger partial charge on any atom is 0.234 e. The van der Waals surface area contributed by atoms with Gasteiger partial charge in [-0.15, -0.1) is 10.2 Å². The molecule has 0 aliphatic carbocycles. The van der Waals surface area contributed by atoms with Crippen LogP contribution in [0.5, 0.6) is 0 Å². The summed E-state index contributed by atoms with van der Waals surface area (Å²) in [6.07, 6.45) is 1.94. The maximum atomic E-state index is 12.7. The number of H-pyrrole nitrogens is 1. The highest BCUT2D eigenvalue weighted by atomic mass is 32.2. The number of carbonyl (C=O) groups is 1. The molecule has 0 spiro atoms. The molecule has 0 aliphatic heterocycles. The Morgan fingerprint density at radius 1 is 1.03 bits per heavy atom. The molecule has 2 heterocycles. The smallest absolute Gasteiger partial charge is 0.234 e. The maximum absolute atomic E-state index is 12.7. The standard InChI is InChI=1S/C25H23N5O2S/c1-32-14-13-30-24(20-15-26-21-11-5-4-10-19(20)21)28-29-25(30)33-16-23(31)27-22-12-6-8-17-7-2-3-9-18(17)22/h2-12,15,26H,13-14,16H2,1H3,(H,27,31). The van der Waals surface area contributed by atoms with Crippen LogP contribution in [-0.4, -0.2) is 45.1 Å². The number of thioether (sulfide) groups is 1. The normalized spacial score (nSPS) is 11.3. The van der Waals surface area contributed by atoms with E-state index in [1.165, 1.54) is 11.8 Å². The first-order valence-corrected chi connectivity index (χ1v) is 11.6. The number of nitrogens with zero attached hydrogens (tertiary/aromatic N) is 3. The zero-order chi connectivity index (χ0) is 22.6. The van der Waals surface area contributed by atoms with E-state index in [-0.39, 0.29) is 11.7 Å². The van der Waals surface area contributed by atoms with E-state index in [4.69, 9.17) is 4.74 Å². The van der Waals surface area contributed by atoms with Gasteiger partial charge in [-0.3, -0.25) is 9.36 Å². The Morgan fingerprint density at radius 2 is 1.82 bits per heavy atom. The van der Waals surface area contributed by atoms with E-state index in [1.54, 1.807) is 7.11 Å². The third-order valence-electron chi connectivity index (χ3n) is 5.46. The number of methoxy groups -OCH3 is 1. The van der Waals surface area contributed by atoms with Crippen LogP contribution in [0.15, 0.2) is 78.1 Å². The quantitative estimate of drug-likeness (QED) is 0.322. The van der Waals surface area contributed by atoms with Crippen molar-refractivity contribution in [3.8, 4) is 11.4 Å². The number of hydrogen-bond acceptors (Lipinski definition) is 5. The highest BCUT2D eigenvalue weighted by Crippen LogP contribution is 2.30. The summed E-state index contributed by atoms with van der Waals surface area (Å²) >= 11 is 1.37. The summed E-state index contributed by atoms with van der Waals surface area (Å²) in [7, 11) is 1.67. The molecule has 0 aliphatic rings. The van der Waals surface area contributed by atoms with E-state index in [1.807, 2.05) is 71.4 Å². The zero-order valence-electron chi connectivity index (χ0n) is 18.1. The average molecular weight is 458 g/mol. The summed E-state index contributed by atoms with van der Waals surface area (Å²) in [5, 5.41) is 15.7. The molecule has 33 heavy (non-hydrogen) atoms. The Hall–Kier alpha value is -3.62. The van der Waals surface area contributed by atoms with Crippen molar-refractivity contribution in [2.75, 3.05) is 24.8 Å². The predicted molar refractivity (Wildman–Crippen MR) is 132 cm³/mol. The van der Waals surface area contributed by atoms with Crippen LogP contribution in [0.2, 0.25) is 0 Å². The van der Waals surface area contributed by atoms with E-state index < -0.39 is 0 Å². The van der Waals surface area contributed by atoms with E-state index in [2.05, 4.69) is 26.6 Å². The monoisotopic (exact) mass is 457 g/mol. The molecule has 0 fully saturated rings. The lowest BCUT2D eigenvalue weighted by Crippen LogP contribution is -2.15. The lowest BCUT2D eigenvalue weighted by atomic mass is 10.1. The fourth-order valence-corrected chi connectivity index (χ4v) is 4.65. The SMILES string of the molecule is COCCn1c(SCC(=O)Nc2cccc3ccccc23)nnc1-c1c[nH]c2ccccc12. The highest BCUT2D eigenvalue weighted by Gasteiger charge is 2.18. The van der Waals surface area contributed by atoms with Gasteiger partial charge < -0.3 is 15.0 Å². The number of ether oxygens (including phenoxy) is 1. The number of anilines is 1. The van der Waals surface area contributed by atoms with Crippen molar-refractivity contribution in [1.29, 1.82) is 0 Å². The molecule has 2 N–H and O–H groups in total. The van der Waals surface area contributed by atoms with Gasteiger partial charge in [-0.2, -0.15) is 0 Å². The van der Waals surface area contributed by atoms with Gasteiger partial charge in [0.1, 0.15) is 0 Å². The number of para-hydroxylation sites is 1. The summed E-state index contributed by atoms with van der Waals surface area (Å²) in [4.78, 5) is 16.0. The molecule has 0 saturated heterocycles. The Bertz CT molecular complexity index is 1420. The van der Waals surface area contributed by atoms with Crippen molar-refractivity contribution in [3.63, 3.8) is 0 Å². The van der Waals surface area contributed by atoms with Crippen molar-refractivity contribution in [3.05, 3.63) is 72.9 Å². The molecule has 0 radical (unpaired) electrons. The lowest BCUT2D eigenvalue weighted by Gasteiger charge is -2.10. The summed E-state index contributed by atoms with van der Waals surface area (Å²) in [5.74, 6) is 0.884. The number of nitrogens with one attached hydrogen (secondary N) is 2. The van der Waals surface area contributed by atoms with Gasteiger partial charge in [0.25, 0.3) is 0 Å². The number of aromatic nitrogens is 4. The molecule has 1 amide bonds. The van der Waals surface area contributed by atoms with Crippen LogP contribution >= 0.6 is 11.8 Å². The fraction of sp³-hybridized carbons (Fsp3) is 0.160. The first-order valence-electron chi connectivity index (χ1n) is 10.6. The summed E-state index contributed by atoms with van der Waals surface area (Å²) in [5.41, 5.74) is 2.82. The molecule has 0 unspecified atom stereocenters. The van der Waals surface area contributed by atoms with Crippen LogP contribution in [0.4, 0.5) is 5.69 Å². The van der Waals surface area contributed by atoms with Crippen LogP contribution < -0.4 is 5.32 Å². The molecule has 0 bridgehead atoms. The number of amides is 1.